The number of carbonyl (C=O) groups excluding carboxylic acids is 1. The van der Waals surface area contributed by atoms with Crippen LogP contribution in [-0.2, 0) is 4.79 Å². The summed E-state index contributed by atoms with van der Waals surface area (Å²) in [6.45, 7) is 10.4. The van der Waals surface area contributed by atoms with Crippen molar-refractivity contribution in [2.45, 2.75) is 46.5 Å². The van der Waals surface area contributed by atoms with E-state index in [4.69, 9.17) is 0 Å². The molecule has 3 nitrogen and oxygen atoms in total. The van der Waals surface area contributed by atoms with Crippen molar-refractivity contribution in [3.8, 4) is 0 Å². The van der Waals surface area contributed by atoms with E-state index in [1.165, 1.54) is 0 Å². The van der Waals surface area contributed by atoms with Crippen LogP contribution >= 0.6 is 0 Å². The molecule has 1 unspecified atom stereocenters. The lowest BCUT2D eigenvalue weighted by atomic mass is 9.94. The molecule has 0 aromatic rings. The molecule has 1 rings (SSSR count). The molecule has 1 saturated heterocycles. The molecule has 3 heteroatoms. The van der Waals surface area contributed by atoms with Gasteiger partial charge in [0, 0.05) is 19.5 Å². The summed E-state index contributed by atoms with van der Waals surface area (Å²) < 4.78 is 0. The maximum Gasteiger partial charge on any atom is 0.222 e. The Morgan fingerprint density at radius 1 is 1.35 bits per heavy atom. The Kier molecular flexibility index (Phi) is 6.56. The Morgan fingerprint density at radius 2 is 2.00 bits per heavy atom. The van der Waals surface area contributed by atoms with Gasteiger partial charge in [0.15, 0.2) is 0 Å². The van der Waals surface area contributed by atoms with Gasteiger partial charge in [0.25, 0.3) is 0 Å². The fraction of sp³-hybridized carbons (Fsp3) is 0.929. The Bertz CT molecular complexity index is 224. The molecule has 0 bridgehead atoms. The summed E-state index contributed by atoms with van der Waals surface area (Å²) in [6, 6.07) is 0. The second kappa shape index (κ2) is 7.70. The van der Waals surface area contributed by atoms with Crippen LogP contribution in [0, 0.1) is 11.8 Å². The predicted octanol–water partition coefficient (Wildman–Crippen LogP) is 2.27. The van der Waals surface area contributed by atoms with Crippen molar-refractivity contribution in [1.82, 2.24) is 10.2 Å². The van der Waals surface area contributed by atoms with Crippen LogP contribution in [0.2, 0.25) is 0 Å². The van der Waals surface area contributed by atoms with Crippen molar-refractivity contribution in [3.05, 3.63) is 0 Å². The average Bonchev–Trinajstić information content (AvgIpc) is 2.36. The van der Waals surface area contributed by atoms with Gasteiger partial charge in [0.05, 0.1) is 0 Å². The number of hydrogen-bond donors (Lipinski definition) is 1. The Hall–Kier alpha value is -0.570. The number of carbonyl (C=O) groups is 1. The van der Waals surface area contributed by atoms with E-state index in [2.05, 4.69) is 26.1 Å². The molecule has 1 N–H and O–H groups in total. The van der Waals surface area contributed by atoms with Gasteiger partial charge in [-0.15, -0.1) is 0 Å². The zero-order chi connectivity index (χ0) is 12.7. The summed E-state index contributed by atoms with van der Waals surface area (Å²) in [4.78, 5) is 14.2. The molecule has 1 aliphatic rings. The van der Waals surface area contributed by atoms with Crippen LogP contribution in [0.25, 0.3) is 0 Å². The number of amides is 1. The zero-order valence-electron chi connectivity index (χ0n) is 11.7. The third-order valence-corrected chi connectivity index (χ3v) is 3.89. The van der Waals surface area contributed by atoms with Gasteiger partial charge in [-0.05, 0) is 44.7 Å². The highest BCUT2D eigenvalue weighted by Crippen LogP contribution is 2.17. The molecular weight excluding hydrogens is 212 g/mol. The van der Waals surface area contributed by atoms with Gasteiger partial charge in [-0.2, -0.15) is 0 Å². The number of hydrogen-bond acceptors (Lipinski definition) is 2. The molecule has 0 aromatic heterocycles. The van der Waals surface area contributed by atoms with E-state index in [-0.39, 0.29) is 0 Å². The van der Waals surface area contributed by atoms with Crippen molar-refractivity contribution >= 4 is 5.91 Å². The van der Waals surface area contributed by atoms with Crippen LogP contribution in [0.3, 0.4) is 0 Å². The van der Waals surface area contributed by atoms with Gasteiger partial charge in [-0.1, -0.05) is 20.3 Å². The first-order valence-corrected chi connectivity index (χ1v) is 7.15. The summed E-state index contributed by atoms with van der Waals surface area (Å²) in [5, 5.41) is 3.35. The van der Waals surface area contributed by atoms with Crippen LogP contribution in [0.1, 0.15) is 46.5 Å². The molecule has 0 aliphatic carbocycles. The first-order valence-electron chi connectivity index (χ1n) is 7.15. The van der Waals surface area contributed by atoms with Gasteiger partial charge in [-0.25, -0.2) is 0 Å². The van der Waals surface area contributed by atoms with E-state index in [0.29, 0.717) is 17.7 Å². The Balaban J connectivity index is 2.36. The summed E-state index contributed by atoms with van der Waals surface area (Å²) >= 11 is 0. The van der Waals surface area contributed by atoms with E-state index in [9.17, 15) is 4.79 Å². The summed E-state index contributed by atoms with van der Waals surface area (Å²) in [5.74, 6) is 1.58. The van der Waals surface area contributed by atoms with E-state index < -0.39 is 0 Å². The highest BCUT2D eigenvalue weighted by molar-refractivity contribution is 5.76. The first-order chi connectivity index (χ1) is 8.17. The molecule has 1 fully saturated rings. The van der Waals surface area contributed by atoms with Crippen molar-refractivity contribution in [2.75, 3.05) is 26.2 Å². The van der Waals surface area contributed by atoms with Gasteiger partial charge in [0.1, 0.15) is 0 Å². The van der Waals surface area contributed by atoms with Crippen molar-refractivity contribution < 1.29 is 4.79 Å². The molecule has 0 radical (unpaired) electrons. The van der Waals surface area contributed by atoms with Gasteiger partial charge >= 0.3 is 0 Å². The Morgan fingerprint density at radius 3 is 2.53 bits per heavy atom. The number of piperidine rings is 1. The maximum atomic E-state index is 12.2. The summed E-state index contributed by atoms with van der Waals surface area (Å²) in [6.07, 6.45) is 4.22. The minimum atomic E-state index is 0.361. The predicted molar refractivity (Wildman–Crippen MR) is 71.9 cm³/mol. The third kappa shape index (κ3) is 5.07. The van der Waals surface area contributed by atoms with Crippen LogP contribution in [-0.4, -0.2) is 37.0 Å². The second-order valence-corrected chi connectivity index (χ2v) is 5.34. The van der Waals surface area contributed by atoms with E-state index in [1.807, 2.05) is 4.90 Å². The van der Waals surface area contributed by atoms with Gasteiger partial charge in [0.2, 0.25) is 5.91 Å². The normalized spacial score (nSPS) is 19.0. The van der Waals surface area contributed by atoms with Crippen LogP contribution < -0.4 is 5.32 Å². The lowest BCUT2D eigenvalue weighted by molar-refractivity contribution is -0.132. The quantitative estimate of drug-likeness (QED) is 0.772. The third-order valence-electron chi connectivity index (χ3n) is 3.89. The van der Waals surface area contributed by atoms with E-state index in [1.54, 1.807) is 0 Å². The molecule has 0 aromatic carbocycles. The highest BCUT2D eigenvalue weighted by Gasteiger charge is 2.20. The average molecular weight is 240 g/mol. The molecule has 0 saturated carbocycles. The van der Waals surface area contributed by atoms with Crippen LogP contribution in [0.5, 0.6) is 0 Å². The standard InChI is InChI=1S/C14H28N2O/c1-4-12(3)11-16(5-2)14(17)10-13-6-8-15-9-7-13/h12-13,15H,4-11H2,1-3H3. The molecule has 100 valence electrons. The lowest BCUT2D eigenvalue weighted by Gasteiger charge is -2.28. The summed E-state index contributed by atoms with van der Waals surface area (Å²) in [7, 11) is 0. The molecular formula is C14H28N2O. The summed E-state index contributed by atoms with van der Waals surface area (Å²) in [5.41, 5.74) is 0. The molecule has 1 aliphatic heterocycles. The van der Waals surface area contributed by atoms with Crippen molar-refractivity contribution in [2.24, 2.45) is 11.8 Å². The van der Waals surface area contributed by atoms with Crippen LogP contribution in [0.4, 0.5) is 0 Å². The largest absolute Gasteiger partial charge is 0.343 e. The zero-order valence-corrected chi connectivity index (χ0v) is 11.7. The molecule has 1 amide bonds. The van der Waals surface area contributed by atoms with Gasteiger partial charge < -0.3 is 10.2 Å². The van der Waals surface area contributed by atoms with Crippen molar-refractivity contribution in [1.29, 1.82) is 0 Å². The second-order valence-electron chi connectivity index (χ2n) is 5.34. The number of rotatable bonds is 6. The fourth-order valence-corrected chi connectivity index (χ4v) is 2.37. The monoisotopic (exact) mass is 240 g/mol. The SMILES string of the molecule is CCC(C)CN(CC)C(=O)CC1CCNCC1. The smallest absolute Gasteiger partial charge is 0.222 e. The van der Waals surface area contributed by atoms with Crippen LogP contribution in [0.15, 0.2) is 0 Å². The minimum Gasteiger partial charge on any atom is -0.343 e. The molecule has 1 atom stereocenters. The molecule has 17 heavy (non-hydrogen) atoms. The maximum absolute atomic E-state index is 12.2. The van der Waals surface area contributed by atoms with Crippen molar-refractivity contribution in [3.63, 3.8) is 0 Å². The lowest BCUT2D eigenvalue weighted by Crippen LogP contribution is -2.37. The van der Waals surface area contributed by atoms with E-state index >= 15 is 0 Å². The fourth-order valence-electron chi connectivity index (χ4n) is 2.37. The first kappa shape index (κ1) is 14.5. The highest BCUT2D eigenvalue weighted by atomic mass is 16.2. The van der Waals surface area contributed by atoms with Gasteiger partial charge in [-0.3, -0.25) is 4.79 Å². The number of nitrogens with one attached hydrogen (secondary N) is 1. The molecule has 1 heterocycles. The number of nitrogens with zero attached hydrogens (tertiary/aromatic N) is 1. The minimum absolute atomic E-state index is 0.361. The van der Waals surface area contributed by atoms with E-state index in [0.717, 1.165) is 51.9 Å². The molecule has 0 spiro atoms. The Labute approximate surface area is 106 Å². The topological polar surface area (TPSA) is 32.3 Å².